The molecule has 0 N–H and O–H groups in total. The Balaban J connectivity index is 2.59. The Labute approximate surface area is 90.8 Å². The molecule has 0 aliphatic rings. The Hall–Kier alpha value is -1.63. The summed E-state index contributed by atoms with van der Waals surface area (Å²) in [5, 5.41) is 0. The average Bonchev–Trinajstić information content (AvgIpc) is 2.16. The quantitative estimate of drug-likeness (QED) is 0.679. The molecule has 0 fully saturated rings. The van der Waals surface area contributed by atoms with Crippen LogP contribution in [0.15, 0.2) is 36.4 Å². The van der Waals surface area contributed by atoms with E-state index in [-0.39, 0.29) is 0 Å². The Morgan fingerprint density at radius 3 is 2.33 bits per heavy atom. The number of hydrogen-bond donors (Lipinski definition) is 0. The molecule has 76 valence electrons. The minimum absolute atomic E-state index is 1.07. The van der Waals surface area contributed by atoms with Crippen molar-refractivity contribution >= 4 is 0 Å². The van der Waals surface area contributed by atoms with E-state index in [0.29, 0.717) is 0 Å². The highest BCUT2D eigenvalue weighted by atomic mass is 14.7. The van der Waals surface area contributed by atoms with Crippen molar-refractivity contribution in [2.45, 2.75) is 20.8 Å². The molecule has 0 atom stereocenters. The van der Waals surface area contributed by atoms with Crippen LogP contribution in [0.1, 0.15) is 16.8 Å². The molecule has 1 heterocycles. The van der Waals surface area contributed by atoms with Crippen LogP contribution in [0.5, 0.6) is 0 Å². The average molecular weight is 197 g/mol. The number of hydrogen-bond acceptors (Lipinski definition) is 1. The lowest BCUT2D eigenvalue weighted by atomic mass is 10.0. The molecule has 0 saturated heterocycles. The van der Waals surface area contributed by atoms with Gasteiger partial charge >= 0.3 is 0 Å². The van der Waals surface area contributed by atoms with Gasteiger partial charge in [0.25, 0.3) is 0 Å². The standard InChI is InChI=1S/C14H15N/c1-10-8-12(3)15-14(9-10)13-7-5-4-6-11(13)2/h4-9H,1-3H3. The summed E-state index contributed by atoms with van der Waals surface area (Å²) in [7, 11) is 0. The predicted molar refractivity (Wildman–Crippen MR) is 63.9 cm³/mol. The number of pyridine rings is 1. The molecule has 1 heteroatoms. The van der Waals surface area contributed by atoms with Crippen LogP contribution in [0.3, 0.4) is 0 Å². The molecular weight excluding hydrogens is 182 g/mol. The Bertz CT molecular complexity index is 466. The largest absolute Gasteiger partial charge is 0.253 e. The van der Waals surface area contributed by atoms with E-state index >= 15 is 0 Å². The van der Waals surface area contributed by atoms with E-state index in [1.165, 1.54) is 16.7 Å². The van der Waals surface area contributed by atoms with Crippen molar-refractivity contribution in [3.8, 4) is 11.3 Å². The summed E-state index contributed by atoms with van der Waals surface area (Å²) in [6.07, 6.45) is 0. The summed E-state index contributed by atoms with van der Waals surface area (Å²) >= 11 is 0. The summed E-state index contributed by atoms with van der Waals surface area (Å²) < 4.78 is 0. The second-order valence-electron chi connectivity index (χ2n) is 3.99. The molecule has 1 aromatic carbocycles. The van der Waals surface area contributed by atoms with Crippen LogP contribution in [0, 0.1) is 20.8 Å². The maximum absolute atomic E-state index is 4.57. The highest BCUT2D eigenvalue weighted by Gasteiger charge is 2.03. The van der Waals surface area contributed by atoms with Crippen molar-refractivity contribution in [2.24, 2.45) is 0 Å². The number of nitrogens with zero attached hydrogens (tertiary/aromatic N) is 1. The Morgan fingerprint density at radius 2 is 1.67 bits per heavy atom. The fourth-order valence-corrected chi connectivity index (χ4v) is 1.84. The zero-order valence-electron chi connectivity index (χ0n) is 9.41. The maximum atomic E-state index is 4.57. The molecule has 0 saturated carbocycles. The van der Waals surface area contributed by atoms with Crippen molar-refractivity contribution in [1.29, 1.82) is 0 Å². The minimum Gasteiger partial charge on any atom is -0.253 e. The molecule has 0 spiro atoms. The lowest BCUT2D eigenvalue weighted by molar-refractivity contribution is 1.18. The summed E-state index contributed by atoms with van der Waals surface area (Å²) in [5.41, 5.74) is 5.92. The SMILES string of the molecule is Cc1cc(C)nc(-c2ccccc2C)c1. The number of aryl methyl sites for hydroxylation is 3. The van der Waals surface area contributed by atoms with Gasteiger partial charge in [-0.3, -0.25) is 4.98 Å². The lowest BCUT2D eigenvalue weighted by Gasteiger charge is -2.06. The first-order chi connectivity index (χ1) is 7.16. The van der Waals surface area contributed by atoms with Gasteiger partial charge < -0.3 is 0 Å². The van der Waals surface area contributed by atoms with Gasteiger partial charge in [0, 0.05) is 11.3 Å². The minimum atomic E-state index is 1.07. The maximum Gasteiger partial charge on any atom is 0.0710 e. The highest BCUT2D eigenvalue weighted by Crippen LogP contribution is 2.22. The molecule has 0 aliphatic heterocycles. The number of rotatable bonds is 1. The van der Waals surface area contributed by atoms with Crippen LogP contribution in [0.2, 0.25) is 0 Å². The molecule has 0 amide bonds. The van der Waals surface area contributed by atoms with Crippen molar-refractivity contribution in [1.82, 2.24) is 4.98 Å². The van der Waals surface area contributed by atoms with Gasteiger partial charge in [0.05, 0.1) is 5.69 Å². The third kappa shape index (κ3) is 2.07. The van der Waals surface area contributed by atoms with Gasteiger partial charge in [0.1, 0.15) is 0 Å². The molecule has 1 aromatic heterocycles. The van der Waals surface area contributed by atoms with Gasteiger partial charge in [-0.05, 0) is 44.0 Å². The van der Waals surface area contributed by atoms with E-state index < -0.39 is 0 Å². The molecule has 0 radical (unpaired) electrons. The monoisotopic (exact) mass is 197 g/mol. The topological polar surface area (TPSA) is 12.9 Å². The van der Waals surface area contributed by atoms with E-state index in [4.69, 9.17) is 0 Å². The van der Waals surface area contributed by atoms with Gasteiger partial charge in [-0.2, -0.15) is 0 Å². The Kier molecular flexibility index (Phi) is 2.55. The van der Waals surface area contributed by atoms with Crippen LogP contribution < -0.4 is 0 Å². The smallest absolute Gasteiger partial charge is 0.0710 e. The first kappa shape index (κ1) is 9.91. The number of aromatic nitrogens is 1. The van der Waals surface area contributed by atoms with Crippen LogP contribution in [0.25, 0.3) is 11.3 Å². The van der Waals surface area contributed by atoms with Crippen molar-refractivity contribution in [3.05, 3.63) is 53.2 Å². The Morgan fingerprint density at radius 1 is 0.933 bits per heavy atom. The summed E-state index contributed by atoms with van der Waals surface area (Å²) in [4.78, 5) is 4.57. The van der Waals surface area contributed by atoms with Gasteiger partial charge in [0.15, 0.2) is 0 Å². The molecule has 0 aliphatic carbocycles. The predicted octanol–water partition coefficient (Wildman–Crippen LogP) is 3.67. The van der Waals surface area contributed by atoms with Crippen molar-refractivity contribution < 1.29 is 0 Å². The summed E-state index contributed by atoms with van der Waals surface area (Å²) in [6, 6.07) is 12.6. The van der Waals surface area contributed by atoms with Crippen LogP contribution in [-0.2, 0) is 0 Å². The van der Waals surface area contributed by atoms with Crippen LogP contribution in [0.4, 0.5) is 0 Å². The third-order valence-corrected chi connectivity index (χ3v) is 2.52. The van der Waals surface area contributed by atoms with E-state index in [1.54, 1.807) is 0 Å². The van der Waals surface area contributed by atoms with Gasteiger partial charge in [0.2, 0.25) is 0 Å². The third-order valence-electron chi connectivity index (χ3n) is 2.52. The van der Waals surface area contributed by atoms with E-state index in [0.717, 1.165) is 11.4 Å². The van der Waals surface area contributed by atoms with Crippen LogP contribution in [-0.4, -0.2) is 4.98 Å². The zero-order chi connectivity index (χ0) is 10.8. The van der Waals surface area contributed by atoms with Crippen molar-refractivity contribution in [2.75, 3.05) is 0 Å². The molecule has 15 heavy (non-hydrogen) atoms. The van der Waals surface area contributed by atoms with E-state index in [1.807, 2.05) is 6.92 Å². The molecule has 0 bridgehead atoms. The molecular formula is C14H15N. The molecule has 2 aromatic rings. The molecule has 1 nitrogen and oxygen atoms in total. The van der Waals surface area contributed by atoms with Gasteiger partial charge in [-0.1, -0.05) is 24.3 Å². The molecule has 0 unspecified atom stereocenters. The first-order valence-corrected chi connectivity index (χ1v) is 5.18. The fourth-order valence-electron chi connectivity index (χ4n) is 1.84. The highest BCUT2D eigenvalue weighted by molar-refractivity contribution is 5.64. The zero-order valence-corrected chi connectivity index (χ0v) is 9.41. The second-order valence-corrected chi connectivity index (χ2v) is 3.99. The van der Waals surface area contributed by atoms with Gasteiger partial charge in [-0.25, -0.2) is 0 Å². The normalized spacial score (nSPS) is 10.3. The molecule has 2 rings (SSSR count). The van der Waals surface area contributed by atoms with Gasteiger partial charge in [-0.15, -0.1) is 0 Å². The summed E-state index contributed by atoms with van der Waals surface area (Å²) in [6.45, 7) is 6.26. The van der Waals surface area contributed by atoms with E-state index in [9.17, 15) is 0 Å². The van der Waals surface area contributed by atoms with Crippen molar-refractivity contribution in [3.63, 3.8) is 0 Å². The van der Waals surface area contributed by atoms with Crippen LogP contribution >= 0.6 is 0 Å². The second kappa shape index (κ2) is 3.85. The fraction of sp³-hybridized carbons (Fsp3) is 0.214. The van der Waals surface area contributed by atoms with E-state index in [2.05, 4.69) is 55.2 Å². The summed E-state index contributed by atoms with van der Waals surface area (Å²) in [5.74, 6) is 0. The first-order valence-electron chi connectivity index (χ1n) is 5.18. The number of benzene rings is 1. The lowest BCUT2D eigenvalue weighted by Crippen LogP contribution is -1.90.